The van der Waals surface area contributed by atoms with Gasteiger partial charge in [-0.3, -0.25) is 0 Å². The molecule has 0 spiro atoms. The van der Waals surface area contributed by atoms with Crippen LogP contribution in [0.4, 0.5) is 0 Å². The highest BCUT2D eigenvalue weighted by Crippen LogP contribution is 2.19. The van der Waals surface area contributed by atoms with Gasteiger partial charge in [0.1, 0.15) is 0 Å². The molecule has 4 heteroatoms. The summed E-state index contributed by atoms with van der Waals surface area (Å²) < 4.78 is 24.9. The molecule has 1 atom stereocenters. The molecule has 0 saturated heterocycles. The maximum absolute atomic E-state index is 12.4. The maximum Gasteiger partial charge on any atom is 0.178 e. The van der Waals surface area contributed by atoms with Crippen LogP contribution in [0.25, 0.3) is 0 Å². The molecule has 1 unspecified atom stereocenters. The van der Waals surface area contributed by atoms with Gasteiger partial charge >= 0.3 is 0 Å². The van der Waals surface area contributed by atoms with Gasteiger partial charge < -0.3 is 5.32 Å². The van der Waals surface area contributed by atoms with Crippen molar-refractivity contribution in [2.24, 2.45) is 0 Å². The third-order valence-electron chi connectivity index (χ3n) is 3.81. The zero-order valence-electron chi connectivity index (χ0n) is 13.8. The summed E-state index contributed by atoms with van der Waals surface area (Å²) in [5.74, 6) is 0.237. The van der Waals surface area contributed by atoms with Gasteiger partial charge in [0.15, 0.2) is 9.84 Å². The zero-order chi connectivity index (χ0) is 15.9. The van der Waals surface area contributed by atoms with Crippen molar-refractivity contribution in [2.75, 3.05) is 12.3 Å². The fraction of sp³-hybridized carbons (Fsp3) is 0.647. The van der Waals surface area contributed by atoms with Crippen molar-refractivity contribution in [1.29, 1.82) is 0 Å². The van der Waals surface area contributed by atoms with E-state index < -0.39 is 9.84 Å². The van der Waals surface area contributed by atoms with Crippen LogP contribution >= 0.6 is 0 Å². The molecule has 21 heavy (non-hydrogen) atoms. The zero-order valence-corrected chi connectivity index (χ0v) is 14.6. The van der Waals surface area contributed by atoms with E-state index in [-0.39, 0.29) is 5.75 Å². The fourth-order valence-electron chi connectivity index (χ4n) is 2.58. The van der Waals surface area contributed by atoms with Gasteiger partial charge in [0, 0.05) is 6.04 Å². The molecule has 0 radical (unpaired) electrons. The van der Waals surface area contributed by atoms with Crippen molar-refractivity contribution < 1.29 is 8.42 Å². The lowest BCUT2D eigenvalue weighted by atomic mass is 10.1. The number of nitrogens with one attached hydrogen (secondary N) is 1. The first-order chi connectivity index (χ1) is 9.90. The van der Waals surface area contributed by atoms with Gasteiger partial charge in [-0.15, -0.1) is 0 Å². The number of aryl methyl sites for hydroxylation is 2. The normalized spacial score (nSPS) is 13.3. The first kappa shape index (κ1) is 18.2. The van der Waals surface area contributed by atoms with E-state index >= 15 is 0 Å². The molecule has 0 heterocycles. The Balaban J connectivity index is 2.60. The Morgan fingerprint density at radius 3 is 2.48 bits per heavy atom. The van der Waals surface area contributed by atoms with Crippen molar-refractivity contribution >= 4 is 9.84 Å². The van der Waals surface area contributed by atoms with Gasteiger partial charge in [-0.2, -0.15) is 0 Å². The molecule has 1 aromatic rings. The first-order valence-corrected chi connectivity index (χ1v) is 9.59. The number of benzene rings is 1. The molecule has 0 fully saturated rings. The molecule has 1 rings (SSSR count). The van der Waals surface area contributed by atoms with Crippen LogP contribution in [-0.4, -0.2) is 26.8 Å². The average Bonchev–Trinajstić information content (AvgIpc) is 2.42. The number of sulfone groups is 1. The molecule has 0 bridgehead atoms. The summed E-state index contributed by atoms with van der Waals surface area (Å²) in [7, 11) is -3.16. The molecular formula is C17H29NO2S. The second-order valence-corrected chi connectivity index (χ2v) is 7.87. The van der Waals surface area contributed by atoms with Crippen molar-refractivity contribution in [2.45, 2.75) is 64.3 Å². The smallest absolute Gasteiger partial charge is 0.178 e. The average molecular weight is 311 g/mol. The Kier molecular flexibility index (Phi) is 7.40. The summed E-state index contributed by atoms with van der Waals surface area (Å²) >= 11 is 0. The van der Waals surface area contributed by atoms with Crippen LogP contribution in [-0.2, 0) is 9.84 Å². The quantitative estimate of drug-likeness (QED) is 0.757. The van der Waals surface area contributed by atoms with E-state index in [0.29, 0.717) is 17.4 Å². The maximum atomic E-state index is 12.4. The largest absolute Gasteiger partial charge is 0.314 e. The van der Waals surface area contributed by atoms with Crippen LogP contribution in [0.15, 0.2) is 23.1 Å². The summed E-state index contributed by atoms with van der Waals surface area (Å²) in [4.78, 5) is 0.489. The topological polar surface area (TPSA) is 46.2 Å². The van der Waals surface area contributed by atoms with E-state index in [9.17, 15) is 8.42 Å². The van der Waals surface area contributed by atoms with Crippen LogP contribution in [0.2, 0.25) is 0 Å². The highest BCUT2D eigenvalue weighted by atomic mass is 32.2. The Bertz CT molecular complexity index is 538. The molecule has 0 aliphatic carbocycles. The number of hydrogen-bond acceptors (Lipinski definition) is 3. The standard InChI is InChI=1S/C17H29NO2S/c1-5-11-18-16(6-2)8-7-12-21(19,20)17-10-9-14(3)13-15(17)4/h9-10,13,16,18H,5-8,11-12H2,1-4H3. The second-order valence-electron chi connectivity index (χ2n) is 5.79. The summed E-state index contributed by atoms with van der Waals surface area (Å²) in [5.41, 5.74) is 1.95. The van der Waals surface area contributed by atoms with Gasteiger partial charge in [0.2, 0.25) is 0 Å². The van der Waals surface area contributed by atoms with Gasteiger partial charge in [0.25, 0.3) is 0 Å². The lowest BCUT2D eigenvalue weighted by molar-refractivity contribution is 0.463. The molecule has 1 aromatic carbocycles. The van der Waals surface area contributed by atoms with Crippen molar-refractivity contribution in [3.8, 4) is 0 Å². The lowest BCUT2D eigenvalue weighted by Gasteiger charge is -2.16. The summed E-state index contributed by atoms with van der Waals surface area (Å²) in [6, 6.07) is 5.98. The number of rotatable bonds is 9. The molecule has 3 nitrogen and oxygen atoms in total. The van der Waals surface area contributed by atoms with Crippen LogP contribution in [0.1, 0.15) is 50.7 Å². The third kappa shape index (κ3) is 5.79. The van der Waals surface area contributed by atoms with Crippen LogP contribution in [0, 0.1) is 13.8 Å². The molecule has 1 N–H and O–H groups in total. The Labute approximate surface area is 130 Å². The van der Waals surface area contributed by atoms with Gasteiger partial charge in [0.05, 0.1) is 10.6 Å². The summed E-state index contributed by atoms with van der Waals surface area (Å²) in [6.45, 7) is 9.14. The van der Waals surface area contributed by atoms with E-state index in [2.05, 4.69) is 19.2 Å². The predicted molar refractivity (Wildman–Crippen MR) is 89.6 cm³/mol. The Morgan fingerprint density at radius 1 is 1.19 bits per heavy atom. The van der Waals surface area contributed by atoms with E-state index in [1.807, 2.05) is 26.0 Å². The first-order valence-electron chi connectivity index (χ1n) is 7.94. The molecular weight excluding hydrogens is 282 g/mol. The molecule has 0 saturated carbocycles. The lowest BCUT2D eigenvalue weighted by Crippen LogP contribution is -2.29. The molecule has 0 aliphatic heterocycles. The van der Waals surface area contributed by atoms with Crippen LogP contribution in [0.3, 0.4) is 0 Å². The molecule has 120 valence electrons. The van der Waals surface area contributed by atoms with Crippen molar-refractivity contribution in [1.82, 2.24) is 5.32 Å². The van der Waals surface area contributed by atoms with E-state index in [4.69, 9.17) is 0 Å². The Hall–Kier alpha value is -0.870. The van der Waals surface area contributed by atoms with Gasteiger partial charge in [-0.1, -0.05) is 31.5 Å². The minimum atomic E-state index is -3.16. The van der Waals surface area contributed by atoms with Crippen molar-refractivity contribution in [3.63, 3.8) is 0 Å². The highest BCUT2D eigenvalue weighted by molar-refractivity contribution is 7.91. The minimum absolute atomic E-state index is 0.237. The van der Waals surface area contributed by atoms with E-state index in [1.165, 1.54) is 0 Å². The monoisotopic (exact) mass is 311 g/mol. The minimum Gasteiger partial charge on any atom is -0.314 e. The van der Waals surface area contributed by atoms with Crippen LogP contribution in [0.5, 0.6) is 0 Å². The molecule has 0 aliphatic rings. The molecule has 0 amide bonds. The van der Waals surface area contributed by atoms with E-state index in [0.717, 1.165) is 36.9 Å². The van der Waals surface area contributed by atoms with E-state index in [1.54, 1.807) is 6.07 Å². The second kappa shape index (κ2) is 8.54. The van der Waals surface area contributed by atoms with Crippen LogP contribution < -0.4 is 5.32 Å². The van der Waals surface area contributed by atoms with Gasteiger partial charge in [-0.05, 0) is 57.7 Å². The molecule has 0 aromatic heterocycles. The summed E-state index contributed by atoms with van der Waals surface area (Å²) in [5, 5.41) is 3.47. The SMILES string of the molecule is CCCNC(CC)CCCS(=O)(=O)c1ccc(C)cc1C. The highest BCUT2D eigenvalue weighted by Gasteiger charge is 2.17. The van der Waals surface area contributed by atoms with Gasteiger partial charge in [-0.25, -0.2) is 8.42 Å². The predicted octanol–water partition coefficient (Wildman–Crippen LogP) is 3.64. The van der Waals surface area contributed by atoms with Crippen molar-refractivity contribution in [3.05, 3.63) is 29.3 Å². The third-order valence-corrected chi connectivity index (χ3v) is 5.76. The Morgan fingerprint density at radius 2 is 1.90 bits per heavy atom. The number of hydrogen-bond donors (Lipinski definition) is 1. The summed E-state index contributed by atoms with van der Waals surface area (Å²) in [6.07, 6.45) is 3.78. The fourth-order valence-corrected chi connectivity index (χ4v) is 4.17.